The highest BCUT2D eigenvalue weighted by molar-refractivity contribution is 9.10. The van der Waals surface area contributed by atoms with Gasteiger partial charge in [-0.25, -0.2) is 0 Å². The lowest BCUT2D eigenvalue weighted by Gasteiger charge is -2.15. The fourth-order valence-corrected chi connectivity index (χ4v) is 3.67. The maximum atomic E-state index is 12.5. The predicted molar refractivity (Wildman–Crippen MR) is 107 cm³/mol. The van der Waals surface area contributed by atoms with Gasteiger partial charge in [-0.3, -0.25) is 9.59 Å². The standard InChI is InChI=1S/C20H17BrN4O3/c21-14-6-7-16-15(9-14)18(20(28)22-16)23-24-19(27)13-8-17(26)25(11-13)10-12-4-2-1-3-5-12/h1-7,9,13,22,28H,8,10-11H2. The van der Waals surface area contributed by atoms with Crippen LogP contribution in [0.5, 0.6) is 5.88 Å². The number of hydrogen-bond acceptors (Lipinski definition) is 4. The molecule has 2 heterocycles. The minimum atomic E-state index is -0.529. The summed E-state index contributed by atoms with van der Waals surface area (Å²) < 4.78 is 0.819. The summed E-state index contributed by atoms with van der Waals surface area (Å²) >= 11 is 3.37. The van der Waals surface area contributed by atoms with Crippen LogP contribution in [-0.2, 0) is 16.1 Å². The van der Waals surface area contributed by atoms with Crippen molar-refractivity contribution in [2.45, 2.75) is 13.0 Å². The summed E-state index contributed by atoms with van der Waals surface area (Å²) in [7, 11) is 0. The summed E-state index contributed by atoms with van der Waals surface area (Å²) in [6.45, 7) is 0.787. The third-order valence-corrected chi connectivity index (χ3v) is 5.24. The lowest BCUT2D eigenvalue weighted by atomic mass is 10.1. The molecule has 142 valence electrons. The Morgan fingerprint density at radius 2 is 2.04 bits per heavy atom. The van der Waals surface area contributed by atoms with Crippen molar-refractivity contribution in [3.05, 3.63) is 58.6 Å². The molecule has 0 spiro atoms. The van der Waals surface area contributed by atoms with Crippen molar-refractivity contribution in [1.29, 1.82) is 0 Å². The second kappa shape index (κ2) is 7.55. The van der Waals surface area contributed by atoms with E-state index in [1.54, 1.807) is 17.0 Å². The van der Waals surface area contributed by atoms with Gasteiger partial charge in [0.25, 0.3) is 5.91 Å². The van der Waals surface area contributed by atoms with Gasteiger partial charge in [-0.2, -0.15) is 0 Å². The van der Waals surface area contributed by atoms with Crippen molar-refractivity contribution >= 4 is 44.3 Å². The van der Waals surface area contributed by atoms with E-state index in [0.29, 0.717) is 24.0 Å². The summed E-state index contributed by atoms with van der Waals surface area (Å²) in [6, 6.07) is 15.0. The minimum absolute atomic E-state index is 0.0729. The second-order valence-corrected chi connectivity index (χ2v) is 7.63. The number of carbonyl (C=O) groups excluding carboxylic acids is 2. The molecule has 3 aromatic rings. The summed E-state index contributed by atoms with van der Waals surface area (Å²) in [5, 5.41) is 18.4. The first-order chi connectivity index (χ1) is 13.5. The Morgan fingerprint density at radius 3 is 2.82 bits per heavy atom. The molecule has 0 saturated carbocycles. The zero-order valence-corrected chi connectivity index (χ0v) is 16.4. The maximum Gasteiger partial charge on any atom is 0.270 e. The Labute approximate surface area is 169 Å². The number of nitrogens with zero attached hydrogens (tertiary/aromatic N) is 3. The van der Waals surface area contributed by atoms with Gasteiger partial charge in [0.15, 0.2) is 5.69 Å². The molecule has 7 nitrogen and oxygen atoms in total. The Bertz CT molecular complexity index is 1080. The maximum absolute atomic E-state index is 12.5. The zero-order chi connectivity index (χ0) is 19.7. The number of carbonyl (C=O) groups is 2. The Balaban J connectivity index is 1.48. The normalized spacial score (nSPS) is 17.1. The molecule has 1 aliphatic heterocycles. The first-order valence-corrected chi connectivity index (χ1v) is 9.58. The number of benzene rings is 2. The van der Waals surface area contributed by atoms with E-state index in [1.807, 2.05) is 36.4 Å². The molecule has 2 N–H and O–H groups in total. The van der Waals surface area contributed by atoms with Gasteiger partial charge < -0.3 is 15.0 Å². The largest absolute Gasteiger partial charge is 0.493 e. The van der Waals surface area contributed by atoms with Gasteiger partial charge in [-0.05, 0) is 23.8 Å². The molecule has 0 radical (unpaired) electrons. The number of aromatic hydroxyl groups is 1. The predicted octanol–water partition coefficient (Wildman–Crippen LogP) is 4.30. The first kappa shape index (κ1) is 18.4. The van der Waals surface area contributed by atoms with Crippen LogP contribution in [0, 0.1) is 5.92 Å². The molecule has 28 heavy (non-hydrogen) atoms. The number of H-pyrrole nitrogens is 1. The number of fused-ring (bicyclic) bond motifs is 1. The quantitative estimate of drug-likeness (QED) is 0.591. The smallest absolute Gasteiger partial charge is 0.270 e. The lowest BCUT2D eigenvalue weighted by molar-refractivity contribution is -0.128. The lowest BCUT2D eigenvalue weighted by Crippen LogP contribution is -2.25. The highest BCUT2D eigenvalue weighted by Gasteiger charge is 2.34. The molecule has 1 aliphatic rings. The van der Waals surface area contributed by atoms with Crippen LogP contribution in [0.3, 0.4) is 0 Å². The van der Waals surface area contributed by atoms with Crippen LogP contribution >= 0.6 is 15.9 Å². The van der Waals surface area contributed by atoms with Crippen LogP contribution in [0.4, 0.5) is 5.69 Å². The topological polar surface area (TPSA) is 98.1 Å². The summed E-state index contributed by atoms with van der Waals surface area (Å²) in [5.41, 5.74) is 1.90. The van der Waals surface area contributed by atoms with Crippen LogP contribution in [0.1, 0.15) is 12.0 Å². The number of nitrogens with one attached hydrogen (secondary N) is 1. The molecule has 2 amide bonds. The average molecular weight is 441 g/mol. The molecule has 1 aromatic heterocycles. The monoisotopic (exact) mass is 440 g/mol. The molecule has 0 bridgehead atoms. The number of hydrogen-bond donors (Lipinski definition) is 2. The van der Waals surface area contributed by atoms with E-state index in [2.05, 4.69) is 31.1 Å². The summed E-state index contributed by atoms with van der Waals surface area (Å²) in [6.07, 6.45) is 0.121. The molecule has 0 aliphatic carbocycles. The fourth-order valence-electron chi connectivity index (χ4n) is 3.31. The summed E-state index contributed by atoms with van der Waals surface area (Å²) in [5.74, 6) is -1.22. The van der Waals surface area contributed by atoms with Crippen LogP contribution in [0.25, 0.3) is 10.9 Å². The second-order valence-electron chi connectivity index (χ2n) is 6.71. The zero-order valence-electron chi connectivity index (χ0n) is 14.8. The first-order valence-electron chi connectivity index (χ1n) is 8.79. The average Bonchev–Trinajstić information content (AvgIpc) is 3.20. The van der Waals surface area contributed by atoms with Crippen molar-refractivity contribution in [1.82, 2.24) is 9.88 Å². The third-order valence-electron chi connectivity index (χ3n) is 4.74. The van der Waals surface area contributed by atoms with Crippen LogP contribution in [0.2, 0.25) is 0 Å². The number of halogens is 1. The number of aromatic nitrogens is 1. The molecule has 8 heteroatoms. The van der Waals surface area contributed by atoms with E-state index in [4.69, 9.17) is 0 Å². The molecular weight excluding hydrogens is 424 g/mol. The molecule has 1 fully saturated rings. The van der Waals surface area contributed by atoms with Crippen LogP contribution < -0.4 is 0 Å². The van der Waals surface area contributed by atoms with Gasteiger partial charge in [-0.1, -0.05) is 46.3 Å². The fraction of sp³-hybridized carbons (Fsp3) is 0.200. The van der Waals surface area contributed by atoms with Gasteiger partial charge in [-0.15, -0.1) is 10.2 Å². The minimum Gasteiger partial charge on any atom is -0.493 e. The van der Waals surface area contributed by atoms with Gasteiger partial charge in [0, 0.05) is 29.4 Å². The van der Waals surface area contributed by atoms with E-state index < -0.39 is 11.8 Å². The molecule has 1 unspecified atom stereocenters. The highest BCUT2D eigenvalue weighted by Crippen LogP contribution is 2.37. The number of likely N-dealkylation sites (tertiary alicyclic amines) is 1. The van der Waals surface area contributed by atoms with E-state index in [0.717, 1.165) is 10.0 Å². The van der Waals surface area contributed by atoms with E-state index >= 15 is 0 Å². The number of amides is 2. The SMILES string of the molecule is O=C(N=Nc1c(O)[nH]c2ccc(Br)cc12)C1CC(=O)N(Cc2ccccc2)C1. The van der Waals surface area contributed by atoms with Gasteiger partial charge in [0.2, 0.25) is 11.8 Å². The van der Waals surface area contributed by atoms with Crippen LogP contribution in [-0.4, -0.2) is 33.3 Å². The van der Waals surface area contributed by atoms with E-state index in [-0.39, 0.29) is 23.9 Å². The van der Waals surface area contributed by atoms with Gasteiger partial charge in [0.1, 0.15) is 0 Å². The van der Waals surface area contributed by atoms with Gasteiger partial charge in [0.05, 0.1) is 11.4 Å². The van der Waals surface area contributed by atoms with Crippen molar-refractivity contribution < 1.29 is 14.7 Å². The number of aromatic amines is 1. The molecule has 2 aromatic carbocycles. The van der Waals surface area contributed by atoms with Crippen molar-refractivity contribution in [3.63, 3.8) is 0 Å². The molecule has 1 atom stereocenters. The number of rotatable bonds is 4. The Kier molecular flexibility index (Phi) is 4.95. The van der Waals surface area contributed by atoms with E-state index in [1.165, 1.54) is 0 Å². The highest BCUT2D eigenvalue weighted by atomic mass is 79.9. The summed E-state index contributed by atoms with van der Waals surface area (Å²) in [4.78, 5) is 29.2. The van der Waals surface area contributed by atoms with Crippen molar-refractivity contribution in [2.24, 2.45) is 16.1 Å². The van der Waals surface area contributed by atoms with Crippen molar-refractivity contribution in [2.75, 3.05) is 6.54 Å². The van der Waals surface area contributed by atoms with Crippen LogP contribution in [0.15, 0.2) is 63.2 Å². The third kappa shape index (κ3) is 3.68. The number of azo groups is 1. The molecular formula is C20H17BrN4O3. The Morgan fingerprint density at radius 1 is 1.25 bits per heavy atom. The Hall–Kier alpha value is -3.00. The molecule has 1 saturated heterocycles. The van der Waals surface area contributed by atoms with Crippen molar-refractivity contribution in [3.8, 4) is 5.88 Å². The molecule has 4 rings (SSSR count). The van der Waals surface area contributed by atoms with Gasteiger partial charge >= 0.3 is 0 Å². The van der Waals surface area contributed by atoms with E-state index in [9.17, 15) is 14.7 Å².